The zero-order valence-corrected chi connectivity index (χ0v) is 8.14. The lowest BCUT2D eigenvalue weighted by molar-refractivity contribution is 0.818. The van der Waals surface area contributed by atoms with Gasteiger partial charge >= 0.3 is 0 Å². The average Bonchev–Trinajstić information content (AvgIpc) is 2.19. The SMILES string of the molecule is CC[C]=C1CCCc2ccccc21. The predicted octanol–water partition coefficient (Wildman–Crippen LogP) is 3.62. The van der Waals surface area contributed by atoms with Crippen LogP contribution in [0.3, 0.4) is 0 Å². The molecule has 0 heteroatoms. The Morgan fingerprint density at radius 1 is 1.23 bits per heavy atom. The summed E-state index contributed by atoms with van der Waals surface area (Å²) in [5.74, 6) is 0. The molecule has 1 aromatic rings. The summed E-state index contributed by atoms with van der Waals surface area (Å²) in [4.78, 5) is 0. The molecule has 0 saturated carbocycles. The third-order valence-electron chi connectivity index (χ3n) is 2.61. The quantitative estimate of drug-likeness (QED) is 0.605. The monoisotopic (exact) mass is 171 g/mol. The lowest BCUT2D eigenvalue weighted by Crippen LogP contribution is -2.01. The van der Waals surface area contributed by atoms with Crippen molar-refractivity contribution in [2.75, 3.05) is 0 Å². The summed E-state index contributed by atoms with van der Waals surface area (Å²) in [6.07, 6.45) is 8.23. The van der Waals surface area contributed by atoms with Crippen molar-refractivity contribution in [3.8, 4) is 0 Å². The molecule has 1 aromatic carbocycles. The molecule has 67 valence electrons. The second kappa shape index (κ2) is 3.78. The summed E-state index contributed by atoms with van der Waals surface area (Å²) < 4.78 is 0. The Labute approximate surface area is 80.3 Å². The highest BCUT2D eigenvalue weighted by Crippen LogP contribution is 2.30. The molecule has 0 heterocycles. The van der Waals surface area contributed by atoms with Crippen molar-refractivity contribution >= 4 is 5.57 Å². The van der Waals surface area contributed by atoms with E-state index in [1.165, 1.54) is 36.0 Å². The van der Waals surface area contributed by atoms with Gasteiger partial charge in [0.15, 0.2) is 0 Å². The summed E-state index contributed by atoms with van der Waals surface area (Å²) in [7, 11) is 0. The van der Waals surface area contributed by atoms with E-state index >= 15 is 0 Å². The van der Waals surface area contributed by atoms with E-state index in [1.807, 2.05) is 0 Å². The van der Waals surface area contributed by atoms with E-state index < -0.39 is 0 Å². The molecule has 1 radical (unpaired) electrons. The van der Waals surface area contributed by atoms with Crippen molar-refractivity contribution < 1.29 is 0 Å². The first-order valence-electron chi connectivity index (χ1n) is 5.10. The molecule has 0 nitrogen and oxygen atoms in total. The summed E-state index contributed by atoms with van der Waals surface area (Å²) in [5.41, 5.74) is 4.38. The summed E-state index contributed by atoms with van der Waals surface area (Å²) in [6.45, 7) is 2.16. The maximum Gasteiger partial charge on any atom is -0.0190 e. The van der Waals surface area contributed by atoms with E-state index in [2.05, 4.69) is 37.3 Å². The normalized spacial score (nSPS) is 18.7. The highest BCUT2D eigenvalue weighted by atomic mass is 14.2. The Morgan fingerprint density at radius 2 is 2.08 bits per heavy atom. The fourth-order valence-corrected chi connectivity index (χ4v) is 2.02. The molecule has 0 spiro atoms. The lowest BCUT2D eigenvalue weighted by Gasteiger charge is -2.18. The maximum atomic E-state index is 3.46. The van der Waals surface area contributed by atoms with Crippen molar-refractivity contribution in [1.29, 1.82) is 0 Å². The number of hydrogen-bond donors (Lipinski definition) is 0. The Hall–Kier alpha value is -1.04. The van der Waals surface area contributed by atoms with Gasteiger partial charge in [-0.05, 0) is 48.5 Å². The standard InChI is InChI=1S/C13H15/c1-2-6-11-8-5-9-12-7-3-4-10-13(11)12/h3-4,7,10H,2,5,8-9H2,1H3. The molecule has 1 aliphatic carbocycles. The summed E-state index contributed by atoms with van der Waals surface area (Å²) >= 11 is 0. The van der Waals surface area contributed by atoms with Gasteiger partial charge in [0.1, 0.15) is 0 Å². The maximum absolute atomic E-state index is 3.46. The molecular formula is C13H15. The van der Waals surface area contributed by atoms with Crippen molar-refractivity contribution in [3.63, 3.8) is 0 Å². The van der Waals surface area contributed by atoms with Crippen LogP contribution in [0.25, 0.3) is 5.57 Å². The van der Waals surface area contributed by atoms with E-state index in [1.54, 1.807) is 0 Å². The first kappa shape index (κ1) is 8.55. The topological polar surface area (TPSA) is 0 Å². The van der Waals surface area contributed by atoms with Gasteiger partial charge in [0, 0.05) is 0 Å². The molecule has 13 heavy (non-hydrogen) atoms. The molecule has 0 saturated heterocycles. The van der Waals surface area contributed by atoms with E-state index in [0.29, 0.717) is 0 Å². The number of rotatable bonds is 1. The Balaban J connectivity index is 2.42. The molecule has 0 bridgehead atoms. The molecule has 0 unspecified atom stereocenters. The molecule has 0 atom stereocenters. The van der Waals surface area contributed by atoms with Crippen LogP contribution in [0.2, 0.25) is 0 Å². The highest BCUT2D eigenvalue weighted by molar-refractivity contribution is 5.68. The minimum Gasteiger partial charge on any atom is -0.0620 e. The number of fused-ring (bicyclic) bond motifs is 1. The van der Waals surface area contributed by atoms with Crippen LogP contribution in [0.1, 0.15) is 37.3 Å². The molecular weight excluding hydrogens is 156 g/mol. The van der Waals surface area contributed by atoms with Crippen LogP contribution in [0.15, 0.2) is 24.3 Å². The largest absolute Gasteiger partial charge is 0.0620 e. The van der Waals surface area contributed by atoms with Gasteiger partial charge in [-0.15, -0.1) is 0 Å². The smallest absolute Gasteiger partial charge is 0.0190 e. The number of benzene rings is 1. The minimum atomic E-state index is 1.03. The van der Waals surface area contributed by atoms with Crippen LogP contribution in [0, 0.1) is 6.08 Å². The predicted molar refractivity (Wildman–Crippen MR) is 56.3 cm³/mol. The Kier molecular flexibility index (Phi) is 2.49. The summed E-state index contributed by atoms with van der Waals surface area (Å²) in [5, 5.41) is 0. The second-order valence-corrected chi connectivity index (χ2v) is 3.52. The molecule has 0 aliphatic heterocycles. The molecule has 1 aliphatic rings. The number of hydrogen-bond acceptors (Lipinski definition) is 0. The van der Waals surface area contributed by atoms with Crippen LogP contribution < -0.4 is 0 Å². The van der Waals surface area contributed by atoms with Crippen molar-refractivity contribution in [1.82, 2.24) is 0 Å². The van der Waals surface area contributed by atoms with Crippen LogP contribution in [-0.4, -0.2) is 0 Å². The lowest BCUT2D eigenvalue weighted by atomic mass is 9.87. The van der Waals surface area contributed by atoms with Crippen LogP contribution in [0.4, 0.5) is 0 Å². The zero-order valence-electron chi connectivity index (χ0n) is 8.14. The highest BCUT2D eigenvalue weighted by Gasteiger charge is 2.12. The molecule has 2 rings (SSSR count). The van der Waals surface area contributed by atoms with Crippen molar-refractivity contribution in [2.45, 2.75) is 32.6 Å². The molecule has 0 amide bonds. The average molecular weight is 171 g/mol. The van der Waals surface area contributed by atoms with Gasteiger partial charge in [-0.25, -0.2) is 0 Å². The van der Waals surface area contributed by atoms with E-state index in [-0.39, 0.29) is 0 Å². The first-order valence-corrected chi connectivity index (χ1v) is 5.10. The van der Waals surface area contributed by atoms with E-state index in [0.717, 1.165) is 6.42 Å². The zero-order chi connectivity index (χ0) is 9.10. The fourth-order valence-electron chi connectivity index (χ4n) is 2.02. The van der Waals surface area contributed by atoms with Gasteiger partial charge in [-0.3, -0.25) is 0 Å². The van der Waals surface area contributed by atoms with Crippen molar-refractivity contribution in [3.05, 3.63) is 41.5 Å². The van der Waals surface area contributed by atoms with Crippen molar-refractivity contribution in [2.24, 2.45) is 0 Å². The van der Waals surface area contributed by atoms with E-state index in [4.69, 9.17) is 0 Å². The first-order chi connectivity index (χ1) is 6.42. The van der Waals surface area contributed by atoms with Gasteiger partial charge in [0.05, 0.1) is 0 Å². The summed E-state index contributed by atoms with van der Waals surface area (Å²) in [6, 6.07) is 8.73. The van der Waals surface area contributed by atoms with Gasteiger partial charge in [0.25, 0.3) is 0 Å². The molecule has 0 aromatic heterocycles. The van der Waals surface area contributed by atoms with Crippen LogP contribution in [-0.2, 0) is 6.42 Å². The van der Waals surface area contributed by atoms with Gasteiger partial charge in [0.2, 0.25) is 0 Å². The third-order valence-corrected chi connectivity index (χ3v) is 2.61. The van der Waals surface area contributed by atoms with Gasteiger partial charge < -0.3 is 0 Å². The minimum absolute atomic E-state index is 1.03. The van der Waals surface area contributed by atoms with E-state index in [9.17, 15) is 0 Å². The van der Waals surface area contributed by atoms with Gasteiger partial charge in [-0.1, -0.05) is 31.2 Å². The number of aryl methyl sites for hydroxylation is 1. The van der Waals surface area contributed by atoms with Gasteiger partial charge in [-0.2, -0.15) is 0 Å². The second-order valence-electron chi connectivity index (χ2n) is 3.52. The Bertz CT molecular complexity index is 321. The Morgan fingerprint density at radius 3 is 2.92 bits per heavy atom. The molecule has 0 fully saturated rings. The van der Waals surface area contributed by atoms with Crippen LogP contribution >= 0.6 is 0 Å². The van der Waals surface area contributed by atoms with Crippen LogP contribution in [0.5, 0.6) is 0 Å². The number of allylic oxidation sites excluding steroid dienone is 2. The fraction of sp³-hybridized carbons (Fsp3) is 0.385. The molecule has 0 N–H and O–H groups in total. The third kappa shape index (κ3) is 1.67.